The van der Waals surface area contributed by atoms with E-state index in [1.807, 2.05) is 55.5 Å². The number of pyridine rings is 3. The van der Waals surface area contributed by atoms with E-state index in [4.69, 9.17) is 0 Å². The second kappa shape index (κ2) is 12.2. The minimum Gasteiger partial charge on any atom is -0.305 e. The van der Waals surface area contributed by atoms with E-state index in [2.05, 4.69) is 27.1 Å². The molecule has 0 fully saturated rings. The van der Waals surface area contributed by atoms with E-state index in [0.29, 0.717) is 5.69 Å². The quantitative estimate of drug-likeness (QED) is 0.159. The number of nitrogens with zero attached hydrogens (tertiary/aromatic N) is 3. The van der Waals surface area contributed by atoms with E-state index in [9.17, 15) is 13.2 Å². The van der Waals surface area contributed by atoms with Crippen LogP contribution in [-0.4, -0.2) is 15.0 Å². The first-order chi connectivity index (χ1) is 16.5. The summed E-state index contributed by atoms with van der Waals surface area (Å²) in [5.41, 5.74) is 5.01. The summed E-state index contributed by atoms with van der Waals surface area (Å²) in [5, 5.41) is 0. The molecular formula is C28H18F3IrN3-2. The van der Waals surface area contributed by atoms with Crippen LogP contribution in [0, 0.1) is 36.5 Å². The average Bonchev–Trinajstić information content (AvgIpc) is 2.89. The van der Waals surface area contributed by atoms with Crippen molar-refractivity contribution < 1.29 is 33.3 Å². The van der Waals surface area contributed by atoms with Crippen molar-refractivity contribution in [2.24, 2.45) is 0 Å². The van der Waals surface area contributed by atoms with Gasteiger partial charge in [-0.2, -0.15) is 0 Å². The van der Waals surface area contributed by atoms with Gasteiger partial charge < -0.3 is 9.97 Å². The topological polar surface area (TPSA) is 38.7 Å². The van der Waals surface area contributed by atoms with Crippen molar-refractivity contribution in [3.8, 4) is 33.6 Å². The Morgan fingerprint density at radius 2 is 1.60 bits per heavy atom. The number of hydrogen-bond donors (Lipinski definition) is 0. The van der Waals surface area contributed by atoms with E-state index in [1.165, 1.54) is 0 Å². The molecule has 0 aliphatic rings. The Labute approximate surface area is 215 Å². The van der Waals surface area contributed by atoms with Gasteiger partial charge in [0.15, 0.2) is 0 Å². The van der Waals surface area contributed by atoms with Crippen LogP contribution in [0.5, 0.6) is 0 Å². The van der Waals surface area contributed by atoms with Gasteiger partial charge in [-0.15, -0.1) is 53.6 Å². The molecule has 3 aromatic heterocycles. The van der Waals surface area contributed by atoms with Gasteiger partial charge in [-0.3, -0.25) is 9.37 Å². The third-order valence-corrected chi connectivity index (χ3v) is 4.93. The van der Waals surface area contributed by atoms with Gasteiger partial charge >= 0.3 is 0 Å². The Kier molecular flexibility index (Phi) is 9.01. The van der Waals surface area contributed by atoms with Crippen molar-refractivity contribution in [1.82, 2.24) is 15.0 Å². The molecule has 2 aromatic carbocycles. The van der Waals surface area contributed by atoms with Crippen LogP contribution in [0.15, 0.2) is 91.5 Å². The van der Waals surface area contributed by atoms with Crippen molar-refractivity contribution in [2.45, 2.75) is 6.92 Å². The third-order valence-electron chi connectivity index (χ3n) is 4.93. The molecule has 0 saturated carbocycles. The Hall–Kier alpha value is -3.67. The van der Waals surface area contributed by atoms with Gasteiger partial charge in [-0.25, -0.2) is 8.78 Å². The Balaban J connectivity index is 0.000000223. The van der Waals surface area contributed by atoms with Crippen LogP contribution in [0.25, 0.3) is 33.6 Å². The average molecular weight is 646 g/mol. The molecule has 35 heavy (non-hydrogen) atoms. The fourth-order valence-corrected chi connectivity index (χ4v) is 3.24. The van der Waals surface area contributed by atoms with Crippen LogP contribution < -0.4 is 0 Å². The van der Waals surface area contributed by atoms with Crippen LogP contribution in [0.3, 0.4) is 0 Å². The van der Waals surface area contributed by atoms with Gasteiger partial charge in [0.25, 0.3) is 0 Å². The van der Waals surface area contributed by atoms with E-state index >= 15 is 0 Å². The van der Waals surface area contributed by atoms with Crippen molar-refractivity contribution in [3.05, 3.63) is 127 Å². The molecule has 0 saturated heterocycles. The summed E-state index contributed by atoms with van der Waals surface area (Å²) in [6, 6.07) is 25.2. The van der Waals surface area contributed by atoms with E-state index in [1.54, 1.807) is 36.9 Å². The fraction of sp³-hybridized carbons (Fsp3) is 0.0357. The number of rotatable bonds is 3. The molecule has 5 aromatic rings. The van der Waals surface area contributed by atoms with Gasteiger partial charge in [0.2, 0.25) is 0 Å². The Morgan fingerprint density at radius 3 is 2.23 bits per heavy atom. The molecule has 0 spiro atoms. The summed E-state index contributed by atoms with van der Waals surface area (Å²) in [4.78, 5) is 12.4. The summed E-state index contributed by atoms with van der Waals surface area (Å²) in [6.45, 7) is 1.85. The van der Waals surface area contributed by atoms with Crippen molar-refractivity contribution in [2.75, 3.05) is 0 Å². The van der Waals surface area contributed by atoms with Crippen molar-refractivity contribution in [3.63, 3.8) is 0 Å². The van der Waals surface area contributed by atoms with Crippen LogP contribution in [-0.2, 0) is 20.1 Å². The number of aromatic nitrogens is 3. The van der Waals surface area contributed by atoms with Gasteiger partial charge in [-0.05, 0) is 36.0 Å². The SMILES string of the molecule is Cc1cc(-c2[c-]c(F)c(F)c(F)c2)ncc1-c1cccnc1.[Ir].[c-]1ccccc1-c1ccccn1. The van der Waals surface area contributed by atoms with Crippen molar-refractivity contribution >= 4 is 0 Å². The molecule has 3 heterocycles. The smallest absolute Gasteiger partial charge is 0.108 e. The molecule has 0 bridgehead atoms. The largest absolute Gasteiger partial charge is 0.305 e. The first kappa shape index (κ1) is 25.9. The number of benzene rings is 2. The zero-order chi connectivity index (χ0) is 23.9. The summed E-state index contributed by atoms with van der Waals surface area (Å²) in [6.07, 6.45) is 6.75. The number of aryl methyl sites for hydroxylation is 1. The van der Waals surface area contributed by atoms with Gasteiger partial charge in [0.05, 0.1) is 11.6 Å². The third kappa shape index (κ3) is 6.47. The minimum absolute atomic E-state index is 0. The van der Waals surface area contributed by atoms with E-state index < -0.39 is 17.5 Å². The molecule has 0 aliphatic heterocycles. The predicted octanol–water partition coefficient (Wildman–Crippen LogP) is 6.88. The second-order valence-corrected chi connectivity index (χ2v) is 7.28. The van der Waals surface area contributed by atoms with E-state index in [0.717, 1.165) is 34.0 Å². The zero-order valence-electron chi connectivity index (χ0n) is 18.5. The Morgan fingerprint density at radius 1 is 0.771 bits per heavy atom. The van der Waals surface area contributed by atoms with Gasteiger partial charge in [0.1, 0.15) is 5.82 Å². The van der Waals surface area contributed by atoms with Crippen molar-refractivity contribution in [1.29, 1.82) is 0 Å². The Bertz CT molecular complexity index is 1320. The summed E-state index contributed by atoms with van der Waals surface area (Å²) >= 11 is 0. The monoisotopic (exact) mass is 646 g/mol. The van der Waals surface area contributed by atoms with Crippen LogP contribution in [0.4, 0.5) is 13.2 Å². The standard InChI is InChI=1S/C17H10F3N2.C11H8N.Ir/c1-10-5-16(12-6-14(18)17(20)15(19)7-12)22-9-13(10)11-3-2-4-21-8-11;1-2-6-10(7-3-1)11-8-4-5-9-12-11;/h2-6,8-9H,1H3;1-6,8-9H;/q2*-1;. The van der Waals surface area contributed by atoms with Gasteiger partial charge in [-0.1, -0.05) is 24.3 Å². The molecule has 5 rings (SSSR count). The normalized spacial score (nSPS) is 10.1. The minimum atomic E-state index is -1.53. The maximum atomic E-state index is 13.3. The molecule has 3 nitrogen and oxygen atoms in total. The van der Waals surface area contributed by atoms with Gasteiger partial charge in [0, 0.05) is 56.0 Å². The molecular weight excluding hydrogens is 628 g/mol. The fourth-order valence-electron chi connectivity index (χ4n) is 3.24. The first-order valence-electron chi connectivity index (χ1n) is 10.4. The molecule has 0 unspecified atom stereocenters. The predicted molar refractivity (Wildman–Crippen MR) is 125 cm³/mol. The van der Waals surface area contributed by atoms with Crippen LogP contribution in [0.2, 0.25) is 0 Å². The molecule has 1 radical (unpaired) electrons. The zero-order valence-corrected chi connectivity index (χ0v) is 20.9. The molecule has 7 heteroatoms. The maximum absolute atomic E-state index is 13.3. The maximum Gasteiger partial charge on any atom is 0.108 e. The second-order valence-electron chi connectivity index (χ2n) is 7.28. The number of halogens is 3. The molecule has 0 atom stereocenters. The van der Waals surface area contributed by atoms with E-state index in [-0.39, 0.29) is 25.7 Å². The summed E-state index contributed by atoms with van der Waals surface area (Å²) in [7, 11) is 0. The first-order valence-corrected chi connectivity index (χ1v) is 10.4. The molecule has 0 aliphatic carbocycles. The summed E-state index contributed by atoms with van der Waals surface area (Å²) in [5.74, 6) is -4.15. The molecule has 177 valence electrons. The molecule has 0 amide bonds. The van der Waals surface area contributed by atoms with Crippen LogP contribution >= 0.6 is 0 Å². The molecule has 0 N–H and O–H groups in total. The summed E-state index contributed by atoms with van der Waals surface area (Å²) < 4.78 is 39.5. The number of hydrogen-bond acceptors (Lipinski definition) is 3. The van der Waals surface area contributed by atoms with Crippen LogP contribution in [0.1, 0.15) is 5.56 Å².